The molecule has 0 aromatic heterocycles. The topological polar surface area (TPSA) is 32.7 Å². The second-order valence-corrected chi connectivity index (χ2v) is 8.15. The Morgan fingerprint density at radius 1 is 1.08 bits per heavy atom. The molecule has 134 valence electrons. The van der Waals surface area contributed by atoms with E-state index in [1.807, 2.05) is 6.92 Å². The van der Waals surface area contributed by atoms with Gasteiger partial charge in [0.15, 0.2) is 0 Å². The second-order valence-electron chi connectivity index (χ2n) is 8.15. The number of hydrogen-bond acceptors (Lipinski definition) is 3. The minimum Gasteiger partial charge on any atom is -0.390 e. The van der Waals surface area contributed by atoms with Gasteiger partial charge in [-0.1, -0.05) is 37.6 Å². The molecule has 1 spiro atoms. The smallest absolute Gasteiger partial charge is 0.0734 e. The third-order valence-electron chi connectivity index (χ3n) is 5.77. The van der Waals surface area contributed by atoms with Crippen LogP contribution in [0, 0.1) is 0 Å². The van der Waals surface area contributed by atoms with Crippen LogP contribution in [-0.2, 0) is 17.7 Å². The van der Waals surface area contributed by atoms with Crippen molar-refractivity contribution in [1.82, 2.24) is 4.90 Å². The van der Waals surface area contributed by atoms with Gasteiger partial charge >= 0.3 is 0 Å². The first-order chi connectivity index (χ1) is 11.5. The highest BCUT2D eigenvalue weighted by Crippen LogP contribution is 2.39. The number of hydrogen-bond donors (Lipinski definition) is 1. The van der Waals surface area contributed by atoms with Crippen molar-refractivity contribution in [3.8, 4) is 0 Å². The van der Waals surface area contributed by atoms with E-state index in [0.717, 1.165) is 45.3 Å². The van der Waals surface area contributed by atoms with Crippen molar-refractivity contribution in [3.63, 3.8) is 0 Å². The number of nitrogens with zero attached hydrogens (tertiary/aromatic N) is 1. The lowest BCUT2D eigenvalue weighted by Gasteiger charge is -2.48. The zero-order valence-corrected chi connectivity index (χ0v) is 15.4. The lowest BCUT2D eigenvalue weighted by atomic mass is 9.78. The van der Waals surface area contributed by atoms with Gasteiger partial charge in [0.2, 0.25) is 0 Å². The van der Waals surface area contributed by atoms with E-state index in [9.17, 15) is 5.11 Å². The molecule has 1 N–H and O–H groups in total. The first-order valence-electron chi connectivity index (χ1n) is 9.67. The average molecular weight is 332 g/mol. The summed E-state index contributed by atoms with van der Waals surface area (Å²) in [4.78, 5) is 2.53. The summed E-state index contributed by atoms with van der Waals surface area (Å²) in [7, 11) is 0. The van der Waals surface area contributed by atoms with Crippen molar-refractivity contribution in [3.05, 3.63) is 35.4 Å². The Hall–Kier alpha value is -0.900. The van der Waals surface area contributed by atoms with E-state index in [0.29, 0.717) is 6.61 Å². The van der Waals surface area contributed by atoms with Crippen LogP contribution < -0.4 is 0 Å². The third-order valence-corrected chi connectivity index (χ3v) is 5.77. The Morgan fingerprint density at radius 2 is 1.75 bits per heavy atom. The lowest BCUT2D eigenvalue weighted by Crippen LogP contribution is -2.53. The zero-order valence-electron chi connectivity index (χ0n) is 15.4. The van der Waals surface area contributed by atoms with Crippen molar-refractivity contribution in [2.75, 3.05) is 19.7 Å². The third kappa shape index (κ3) is 4.59. The van der Waals surface area contributed by atoms with Crippen molar-refractivity contribution >= 4 is 0 Å². The summed E-state index contributed by atoms with van der Waals surface area (Å²) >= 11 is 0. The van der Waals surface area contributed by atoms with E-state index >= 15 is 0 Å². The molecule has 2 fully saturated rings. The Labute approximate surface area is 147 Å². The van der Waals surface area contributed by atoms with E-state index in [4.69, 9.17) is 4.74 Å². The van der Waals surface area contributed by atoms with Crippen molar-refractivity contribution in [2.45, 2.75) is 76.5 Å². The van der Waals surface area contributed by atoms with Gasteiger partial charge < -0.3 is 9.84 Å². The molecule has 1 aromatic rings. The molecule has 3 heteroatoms. The molecule has 1 unspecified atom stereocenters. The fourth-order valence-electron chi connectivity index (χ4n) is 4.21. The molecule has 2 aliphatic heterocycles. The number of aryl methyl sites for hydroxylation is 1. The van der Waals surface area contributed by atoms with Crippen LogP contribution >= 0.6 is 0 Å². The standard InChI is InChI=1S/C21H33NO2/c1-3-4-5-18-6-8-19(9-7-18)16-22-13-10-21(11-14-22)17-20(2,23)12-15-24-21/h6-9,23H,3-5,10-17H2,1-2H3. The van der Waals surface area contributed by atoms with Gasteiger partial charge in [-0.15, -0.1) is 0 Å². The van der Waals surface area contributed by atoms with Crippen LogP contribution in [0.4, 0.5) is 0 Å². The molecular formula is C21H33NO2. The molecule has 2 heterocycles. The summed E-state index contributed by atoms with van der Waals surface area (Å²) in [6, 6.07) is 9.16. The first-order valence-corrected chi connectivity index (χ1v) is 9.67. The average Bonchev–Trinajstić information content (AvgIpc) is 2.56. The van der Waals surface area contributed by atoms with Crippen LogP contribution in [0.25, 0.3) is 0 Å². The molecule has 1 aromatic carbocycles. The van der Waals surface area contributed by atoms with Crippen molar-refractivity contribution in [2.24, 2.45) is 0 Å². The maximum Gasteiger partial charge on any atom is 0.0734 e. The number of unbranched alkanes of at least 4 members (excludes halogenated alkanes) is 1. The molecular weight excluding hydrogens is 298 g/mol. The lowest BCUT2D eigenvalue weighted by molar-refractivity contribution is -0.173. The fraction of sp³-hybridized carbons (Fsp3) is 0.714. The van der Waals surface area contributed by atoms with E-state index < -0.39 is 5.60 Å². The van der Waals surface area contributed by atoms with E-state index in [1.54, 1.807) is 0 Å². The summed E-state index contributed by atoms with van der Waals surface area (Å²) in [5, 5.41) is 10.4. The predicted octanol–water partition coefficient (Wildman–Crippen LogP) is 3.93. The van der Waals surface area contributed by atoms with Gasteiger partial charge in [0, 0.05) is 26.1 Å². The Bertz CT molecular complexity index is 515. The van der Waals surface area contributed by atoms with Crippen molar-refractivity contribution < 1.29 is 9.84 Å². The Morgan fingerprint density at radius 3 is 2.38 bits per heavy atom. The van der Waals surface area contributed by atoms with Gasteiger partial charge in [-0.2, -0.15) is 0 Å². The Kier molecular flexibility index (Phi) is 5.63. The SMILES string of the molecule is CCCCc1ccc(CN2CCC3(CC2)CC(C)(O)CCO3)cc1. The highest BCUT2D eigenvalue weighted by molar-refractivity contribution is 5.22. The van der Waals surface area contributed by atoms with Crippen molar-refractivity contribution in [1.29, 1.82) is 0 Å². The molecule has 0 aliphatic carbocycles. The predicted molar refractivity (Wildman–Crippen MR) is 98.1 cm³/mol. The van der Waals surface area contributed by atoms with Gasteiger partial charge in [0.05, 0.1) is 17.8 Å². The van der Waals surface area contributed by atoms with Gasteiger partial charge in [0.25, 0.3) is 0 Å². The fourth-order valence-corrected chi connectivity index (χ4v) is 4.21. The number of piperidine rings is 1. The molecule has 0 saturated carbocycles. The maximum atomic E-state index is 10.4. The molecule has 0 amide bonds. The van der Waals surface area contributed by atoms with Gasteiger partial charge in [-0.25, -0.2) is 0 Å². The molecule has 3 rings (SSSR count). The zero-order chi connectivity index (χ0) is 17.0. The second kappa shape index (κ2) is 7.55. The van der Waals surface area contributed by atoms with Crippen LogP contribution in [0.2, 0.25) is 0 Å². The van der Waals surface area contributed by atoms with Gasteiger partial charge in [0.1, 0.15) is 0 Å². The van der Waals surface area contributed by atoms with E-state index in [-0.39, 0.29) is 5.60 Å². The summed E-state index contributed by atoms with van der Waals surface area (Å²) in [5.74, 6) is 0. The summed E-state index contributed by atoms with van der Waals surface area (Å²) in [6.45, 7) is 8.06. The minimum atomic E-state index is -0.547. The molecule has 1 atom stereocenters. The highest BCUT2D eigenvalue weighted by atomic mass is 16.5. The molecule has 24 heavy (non-hydrogen) atoms. The largest absolute Gasteiger partial charge is 0.390 e. The normalized spacial score (nSPS) is 27.5. The van der Waals surface area contributed by atoms with Crippen LogP contribution in [0.5, 0.6) is 0 Å². The number of benzene rings is 1. The van der Waals surface area contributed by atoms with Gasteiger partial charge in [-0.3, -0.25) is 4.90 Å². The number of ether oxygens (including phenoxy) is 1. The van der Waals surface area contributed by atoms with Crippen LogP contribution in [0.15, 0.2) is 24.3 Å². The molecule has 0 bridgehead atoms. The summed E-state index contributed by atoms with van der Waals surface area (Å²) in [6.07, 6.45) is 7.36. The first kappa shape index (κ1) is 17.9. The molecule has 3 nitrogen and oxygen atoms in total. The monoisotopic (exact) mass is 331 g/mol. The maximum absolute atomic E-state index is 10.4. The minimum absolute atomic E-state index is 0.0811. The number of aliphatic hydroxyl groups is 1. The summed E-state index contributed by atoms with van der Waals surface area (Å²) in [5.41, 5.74) is 2.23. The quantitative estimate of drug-likeness (QED) is 0.887. The number of rotatable bonds is 5. The summed E-state index contributed by atoms with van der Waals surface area (Å²) < 4.78 is 6.11. The van der Waals surface area contributed by atoms with Crippen LogP contribution in [0.1, 0.15) is 63.5 Å². The molecule has 0 radical (unpaired) electrons. The molecule has 2 aliphatic rings. The number of likely N-dealkylation sites (tertiary alicyclic amines) is 1. The Balaban J connectivity index is 1.50. The van der Waals surface area contributed by atoms with Crippen LogP contribution in [-0.4, -0.2) is 40.9 Å². The van der Waals surface area contributed by atoms with Crippen LogP contribution in [0.3, 0.4) is 0 Å². The van der Waals surface area contributed by atoms with E-state index in [1.165, 1.54) is 30.4 Å². The molecule has 2 saturated heterocycles. The van der Waals surface area contributed by atoms with E-state index in [2.05, 4.69) is 36.1 Å². The highest BCUT2D eigenvalue weighted by Gasteiger charge is 2.44. The van der Waals surface area contributed by atoms with Gasteiger partial charge in [-0.05, 0) is 50.2 Å².